The monoisotopic (exact) mass is 301 g/mol. The molecule has 1 heterocycles. The van der Waals surface area contributed by atoms with Crippen molar-refractivity contribution < 1.29 is 4.39 Å². The zero-order chi connectivity index (χ0) is 13.8. The van der Waals surface area contributed by atoms with E-state index < -0.39 is 5.82 Å². The number of nitrogens with zero attached hydrogens (tertiary/aromatic N) is 2. The standard InChI is InChI=1S/C13H14Cl2FN3/c1-9(18-3-5-19-4-2-17-8-19)10-6-13(16)12(15)7-11(10)14/h2,4,6-9,18H,3,5H2,1H3. The Morgan fingerprint density at radius 1 is 1.37 bits per heavy atom. The lowest BCUT2D eigenvalue weighted by atomic mass is 10.1. The quantitative estimate of drug-likeness (QED) is 0.854. The number of rotatable bonds is 5. The van der Waals surface area contributed by atoms with E-state index in [1.807, 2.05) is 17.7 Å². The van der Waals surface area contributed by atoms with Gasteiger partial charge in [-0.05, 0) is 24.6 Å². The van der Waals surface area contributed by atoms with E-state index in [1.165, 1.54) is 12.1 Å². The molecule has 2 rings (SSSR count). The third-order valence-corrected chi connectivity index (χ3v) is 3.50. The molecule has 0 radical (unpaired) electrons. The molecule has 0 bridgehead atoms. The van der Waals surface area contributed by atoms with Crippen molar-refractivity contribution in [2.45, 2.75) is 19.5 Å². The fourth-order valence-electron chi connectivity index (χ4n) is 1.81. The lowest BCUT2D eigenvalue weighted by Crippen LogP contribution is -2.23. The second kappa shape index (κ2) is 6.37. The first-order valence-corrected chi connectivity index (χ1v) is 6.67. The Morgan fingerprint density at radius 2 is 2.16 bits per heavy atom. The van der Waals surface area contributed by atoms with Gasteiger partial charge in [0.2, 0.25) is 0 Å². The van der Waals surface area contributed by atoms with E-state index in [0.717, 1.165) is 13.1 Å². The number of benzene rings is 1. The summed E-state index contributed by atoms with van der Waals surface area (Å²) in [5, 5.41) is 3.79. The first-order chi connectivity index (χ1) is 9.08. The van der Waals surface area contributed by atoms with Crippen LogP contribution in [0.1, 0.15) is 18.5 Å². The van der Waals surface area contributed by atoms with Crippen LogP contribution in [0.25, 0.3) is 0 Å². The number of hydrogen-bond acceptors (Lipinski definition) is 2. The average molecular weight is 302 g/mol. The molecule has 0 aliphatic heterocycles. The SMILES string of the molecule is CC(NCCn1ccnc1)c1cc(F)c(Cl)cc1Cl. The Bertz CT molecular complexity index is 543. The van der Waals surface area contributed by atoms with E-state index in [4.69, 9.17) is 23.2 Å². The largest absolute Gasteiger partial charge is 0.336 e. The van der Waals surface area contributed by atoms with Crippen LogP contribution in [0.2, 0.25) is 10.0 Å². The Balaban J connectivity index is 1.96. The summed E-state index contributed by atoms with van der Waals surface area (Å²) in [6.45, 7) is 3.46. The molecule has 0 fully saturated rings. The minimum atomic E-state index is -0.454. The maximum Gasteiger partial charge on any atom is 0.142 e. The topological polar surface area (TPSA) is 29.9 Å². The molecule has 0 spiro atoms. The molecule has 0 amide bonds. The van der Waals surface area contributed by atoms with E-state index in [0.29, 0.717) is 10.6 Å². The lowest BCUT2D eigenvalue weighted by molar-refractivity contribution is 0.527. The van der Waals surface area contributed by atoms with E-state index in [9.17, 15) is 4.39 Å². The molecule has 1 aromatic carbocycles. The zero-order valence-corrected chi connectivity index (χ0v) is 11.9. The van der Waals surface area contributed by atoms with Gasteiger partial charge in [-0.1, -0.05) is 23.2 Å². The molecule has 1 aromatic heterocycles. The second-order valence-electron chi connectivity index (χ2n) is 4.26. The fraction of sp³-hybridized carbons (Fsp3) is 0.308. The van der Waals surface area contributed by atoms with Gasteiger partial charge in [-0.3, -0.25) is 0 Å². The molecule has 0 aliphatic rings. The number of nitrogens with one attached hydrogen (secondary N) is 1. The summed E-state index contributed by atoms with van der Waals surface area (Å²) in [5.41, 5.74) is 0.703. The van der Waals surface area contributed by atoms with Crippen molar-refractivity contribution in [3.05, 3.63) is 52.3 Å². The second-order valence-corrected chi connectivity index (χ2v) is 5.08. The molecule has 0 saturated heterocycles. The molecule has 19 heavy (non-hydrogen) atoms. The maximum absolute atomic E-state index is 13.4. The first-order valence-electron chi connectivity index (χ1n) is 5.91. The van der Waals surface area contributed by atoms with Gasteiger partial charge >= 0.3 is 0 Å². The van der Waals surface area contributed by atoms with Crippen LogP contribution in [0, 0.1) is 5.82 Å². The van der Waals surface area contributed by atoms with Gasteiger partial charge < -0.3 is 9.88 Å². The van der Waals surface area contributed by atoms with Crippen molar-refractivity contribution in [3.8, 4) is 0 Å². The molecule has 3 nitrogen and oxygen atoms in total. The van der Waals surface area contributed by atoms with Gasteiger partial charge in [0.25, 0.3) is 0 Å². The van der Waals surface area contributed by atoms with Crippen molar-refractivity contribution in [2.75, 3.05) is 6.54 Å². The lowest BCUT2D eigenvalue weighted by Gasteiger charge is -2.16. The van der Waals surface area contributed by atoms with Gasteiger partial charge in [0.15, 0.2) is 0 Å². The van der Waals surface area contributed by atoms with Crippen LogP contribution in [0.5, 0.6) is 0 Å². The third kappa shape index (κ3) is 3.69. The summed E-state index contributed by atoms with van der Waals surface area (Å²) in [6, 6.07) is 2.75. The minimum absolute atomic E-state index is 0.0411. The van der Waals surface area contributed by atoms with Gasteiger partial charge in [0.05, 0.1) is 11.3 Å². The molecular formula is C13H14Cl2FN3. The van der Waals surface area contributed by atoms with Gasteiger partial charge in [0, 0.05) is 36.5 Å². The number of hydrogen-bond donors (Lipinski definition) is 1. The van der Waals surface area contributed by atoms with Gasteiger partial charge in [-0.2, -0.15) is 0 Å². The molecule has 0 saturated carbocycles. The van der Waals surface area contributed by atoms with Crippen molar-refractivity contribution in [1.82, 2.24) is 14.9 Å². The molecule has 1 atom stereocenters. The minimum Gasteiger partial charge on any atom is -0.336 e. The van der Waals surface area contributed by atoms with E-state index in [1.54, 1.807) is 12.5 Å². The molecule has 6 heteroatoms. The van der Waals surface area contributed by atoms with Crippen LogP contribution < -0.4 is 5.32 Å². The first kappa shape index (κ1) is 14.3. The van der Waals surface area contributed by atoms with Crippen molar-refractivity contribution >= 4 is 23.2 Å². The van der Waals surface area contributed by atoms with E-state index in [2.05, 4.69) is 10.3 Å². The Morgan fingerprint density at radius 3 is 2.84 bits per heavy atom. The van der Waals surface area contributed by atoms with Crippen molar-refractivity contribution in [2.24, 2.45) is 0 Å². The predicted octanol–water partition coefficient (Wildman–Crippen LogP) is 3.68. The van der Waals surface area contributed by atoms with Crippen molar-refractivity contribution in [1.29, 1.82) is 0 Å². The summed E-state index contributed by atoms with van der Waals surface area (Å²) in [7, 11) is 0. The molecular weight excluding hydrogens is 288 g/mol. The Labute approximate surface area is 121 Å². The molecule has 1 unspecified atom stereocenters. The van der Waals surface area contributed by atoms with Crippen LogP contribution in [-0.4, -0.2) is 16.1 Å². The summed E-state index contributed by atoms with van der Waals surface area (Å²) >= 11 is 11.7. The van der Waals surface area contributed by atoms with Crippen LogP contribution in [0.4, 0.5) is 4.39 Å². The predicted molar refractivity (Wildman–Crippen MR) is 75.1 cm³/mol. The van der Waals surface area contributed by atoms with E-state index >= 15 is 0 Å². The maximum atomic E-state index is 13.4. The highest BCUT2D eigenvalue weighted by atomic mass is 35.5. The van der Waals surface area contributed by atoms with Crippen LogP contribution in [0.3, 0.4) is 0 Å². The highest BCUT2D eigenvalue weighted by molar-refractivity contribution is 6.35. The zero-order valence-electron chi connectivity index (χ0n) is 10.4. The van der Waals surface area contributed by atoms with E-state index in [-0.39, 0.29) is 11.1 Å². The Hall–Kier alpha value is -1.10. The number of imidazole rings is 1. The molecule has 1 N–H and O–H groups in total. The number of aromatic nitrogens is 2. The third-order valence-electron chi connectivity index (χ3n) is 2.89. The van der Waals surface area contributed by atoms with Crippen LogP contribution >= 0.6 is 23.2 Å². The molecule has 2 aromatic rings. The molecule has 0 aliphatic carbocycles. The smallest absolute Gasteiger partial charge is 0.142 e. The van der Waals surface area contributed by atoms with Crippen LogP contribution in [-0.2, 0) is 6.54 Å². The highest BCUT2D eigenvalue weighted by Gasteiger charge is 2.12. The van der Waals surface area contributed by atoms with Gasteiger partial charge in [-0.15, -0.1) is 0 Å². The van der Waals surface area contributed by atoms with Gasteiger partial charge in [0.1, 0.15) is 5.82 Å². The normalized spacial score (nSPS) is 12.6. The average Bonchev–Trinajstić information content (AvgIpc) is 2.86. The summed E-state index contributed by atoms with van der Waals surface area (Å²) in [5.74, 6) is -0.454. The Kier molecular flexibility index (Phi) is 4.80. The summed E-state index contributed by atoms with van der Waals surface area (Å²) in [4.78, 5) is 3.96. The number of halogens is 3. The highest BCUT2D eigenvalue weighted by Crippen LogP contribution is 2.28. The summed E-state index contributed by atoms with van der Waals surface area (Å²) in [6.07, 6.45) is 5.37. The van der Waals surface area contributed by atoms with Gasteiger partial charge in [-0.25, -0.2) is 9.37 Å². The van der Waals surface area contributed by atoms with Crippen molar-refractivity contribution in [3.63, 3.8) is 0 Å². The molecule has 102 valence electrons. The fourth-order valence-corrected chi connectivity index (χ4v) is 2.36. The summed E-state index contributed by atoms with van der Waals surface area (Å²) < 4.78 is 15.4. The van der Waals surface area contributed by atoms with Crippen LogP contribution in [0.15, 0.2) is 30.9 Å².